The number of aromatic nitrogens is 3. The van der Waals surface area contributed by atoms with Crippen LogP contribution in [-0.2, 0) is 0 Å². The van der Waals surface area contributed by atoms with Gasteiger partial charge in [-0.3, -0.25) is 4.98 Å². The van der Waals surface area contributed by atoms with Gasteiger partial charge in [0, 0.05) is 17.1 Å². The van der Waals surface area contributed by atoms with Gasteiger partial charge in [-0.25, -0.2) is 0 Å². The van der Waals surface area contributed by atoms with Crippen molar-refractivity contribution in [3.05, 3.63) is 29.0 Å². The third-order valence-electron chi connectivity index (χ3n) is 1.94. The summed E-state index contributed by atoms with van der Waals surface area (Å²) >= 11 is 3.15. The molecule has 2 aromatic rings. The minimum Gasteiger partial charge on any atom is -0.323 e. The van der Waals surface area contributed by atoms with Crippen LogP contribution in [0.4, 0.5) is 0 Å². The quantitative estimate of drug-likeness (QED) is 0.908. The Kier molecular flexibility index (Phi) is 3.52. The van der Waals surface area contributed by atoms with Crippen molar-refractivity contribution >= 4 is 23.1 Å². The molecule has 2 N–H and O–H groups in total. The first kappa shape index (κ1) is 11.5. The number of nitrogens with two attached hydrogens (primary N) is 1. The average Bonchev–Trinajstić information content (AvgIpc) is 2.65. The number of rotatable bonds is 3. The number of hydrogen-bond donors (Lipinski definition) is 1. The molecule has 2 heterocycles. The SMILES string of the molecule is Cc1nnc(Sc2ccc(C(C)N)nc2)s1. The van der Waals surface area contributed by atoms with E-state index in [1.54, 1.807) is 23.1 Å². The van der Waals surface area contributed by atoms with E-state index < -0.39 is 0 Å². The van der Waals surface area contributed by atoms with Crippen molar-refractivity contribution in [3.8, 4) is 0 Å². The molecular weight excluding hydrogens is 240 g/mol. The largest absolute Gasteiger partial charge is 0.323 e. The van der Waals surface area contributed by atoms with Gasteiger partial charge in [0.1, 0.15) is 5.01 Å². The highest BCUT2D eigenvalue weighted by molar-refractivity contribution is 8.01. The van der Waals surface area contributed by atoms with E-state index in [2.05, 4.69) is 15.2 Å². The lowest BCUT2D eigenvalue weighted by Gasteiger charge is -2.04. The van der Waals surface area contributed by atoms with Crippen LogP contribution in [0, 0.1) is 6.92 Å². The number of nitrogens with zero attached hydrogens (tertiary/aromatic N) is 3. The normalized spacial score (nSPS) is 12.7. The fourth-order valence-electron chi connectivity index (χ4n) is 1.14. The van der Waals surface area contributed by atoms with E-state index in [4.69, 9.17) is 5.73 Å². The van der Waals surface area contributed by atoms with Crippen LogP contribution in [0.15, 0.2) is 27.6 Å². The Morgan fingerprint density at radius 1 is 1.38 bits per heavy atom. The Labute approximate surface area is 102 Å². The highest BCUT2D eigenvalue weighted by Crippen LogP contribution is 2.29. The molecular formula is C10H12N4S2. The zero-order valence-electron chi connectivity index (χ0n) is 9.04. The summed E-state index contributed by atoms with van der Waals surface area (Å²) in [5, 5.41) is 8.99. The van der Waals surface area contributed by atoms with Crippen LogP contribution >= 0.6 is 23.1 Å². The van der Waals surface area contributed by atoms with E-state index >= 15 is 0 Å². The van der Waals surface area contributed by atoms with Gasteiger partial charge in [0.2, 0.25) is 0 Å². The van der Waals surface area contributed by atoms with Gasteiger partial charge < -0.3 is 5.73 Å². The first-order chi connectivity index (χ1) is 7.65. The molecule has 0 saturated carbocycles. The maximum atomic E-state index is 5.73. The second-order valence-electron chi connectivity index (χ2n) is 3.40. The lowest BCUT2D eigenvalue weighted by molar-refractivity contribution is 0.777. The molecule has 0 aliphatic rings. The molecule has 0 bridgehead atoms. The third kappa shape index (κ3) is 2.78. The second-order valence-corrected chi connectivity index (χ2v) is 5.90. The standard InChI is InChI=1S/C10H12N4S2/c1-6(11)9-4-3-8(5-12-9)16-10-14-13-7(2)15-10/h3-6H,11H2,1-2H3. The van der Waals surface area contributed by atoms with Crippen molar-refractivity contribution < 1.29 is 0 Å². The highest BCUT2D eigenvalue weighted by Gasteiger charge is 2.05. The molecule has 84 valence electrons. The summed E-state index contributed by atoms with van der Waals surface area (Å²) in [4.78, 5) is 5.35. The van der Waals surface area contributed by atoms with E-state index in [-0.39, 0.29) is 6.04 Å². The summed E-state index contributed by atoms with van der Waals surface area (Å²) in [6, 6.07) is 3.93. The molecule has 1 unspecified atom stereocenters. The van der Waals surface area contributed by atoms with Crippen LogP contribution in [0.2, 0.25) is 0 Å². The van der Waals surface area contributed by atoms with Crippen molar-refractivity contribution in [3.63, 3.8) is 0 Å². The molecule has 2 rings (SSSR count). The van der Waals surface area contributed by atoms with Crippen LogP contribution in [0.5, 0.6) is 0 Å². The average molecular weight is 252 g/mol. The van der Waals surface area contributed by atoms with Crippen LogP contribution in [-0.4, -0.2) is 15.2 Å². The van der Waals surface area contributed by atoms with Crippen LogP contribution in [0.1, 0.15) is 23.7 Å². The van der Waals surface area contributed by atoms with E-state index in [1.807, 2.05) is 32.2 Å². The van der Waals surface area contributed by atoms with Crippen molar-refractivity contribution in [2.24, 2.45) is 5.73 Å². The van der Waals surface area contributed by atoms with Crippen molar-refractivity contribution in [1.82, 2.24) is 15.2 Å². The van der Waals surface area contributed by atoms with Gasteiger partial charge >= 0.3 is 0 Å². The number of aryl methyl sites for hydroxylation is 1. The highest BCUT2D eigenvalue weighted by atomic mass is 32.2. The maximum Gasteiger partial charge on any atom is 0.179 e. The Hall–Kier alpha value is -0.980. The molecule has 6 heteroatoms. The molecule has 16 heavy (non-hydrogen) atoms. The minimum atomic E-state index is -0.0252. The number of pyridine rings is 1. The molecule has 0 aliphatic heterocycles. The van der Waals surface area contributed by atoms with Crippen LogP contribution in [0.3, 0.4) is 0 Å². The summed E-state index contributed by atoms with van der Waals surface area (Å²) < 4.78 is 0.938. The summed E-state index contributed by atoms with van der Waals surface area (Å²) in [5.74, 6) is 0. The lowest BCUT2D eigenvalue weighted by Crippen LogP contribution is -2.06. The summed E-state index contributed by atoms with van der Waals surface area (Å²) in [6.07, 6.45) is 1.82. The molecule has 0 amide bonds. The Balaban J connectivity index is 2.11. The van der Waals surface area contributed by atoms with Crippen molar-refractivity contribution in [1.29, 1.82) is 0 Å². The smallest absolute Gasteiger partial charge is 0.179 e. The van der Waals surface area contributed by atoms with Gasteiger partial charge in [-0.05, 0) is 26.0 Å². The van der Waals surface area contributed by atoms with Gasteiger partial charge in [0.25, 0.3) is 0 Å². The summed E-state index contributed by atoms with van der Waals surface area (Å²) in [5.41, 5.74) is 6.63. The van der Waals surface area contributed by atoms with Crippen LogP contribution in [0.25, 0.3) is 0 Å². The summed E-state index contributed by atoms with van der Waals surface area (Å²) in [7, 11) is 0. The lowest BCUT2D eigenvalue weighted by atomic mass is 10.2. The molecule has 0 aromatic carbocycles. The van der Waals surface area contributed by atoms with Crippen molar-refractivity contribution in [2.75, 3.05) is 0 Å². The minimum absolute atomic E-state index is 0.0252. The third-order valence-corrected chi connectivity index (χ3v) is 3.81. The molecule has 1 atom stereocenters. The molecule has 0 aliphatic carbocycles. The predicted molar refractivity (Wildman–Crippen MR) is 65.6 cm³/mol. The molecule has 4 nitrogen and oxygen atoms in total. The van der Waals surface area contributed by atoms with Gasteiger partial charge in [0.05, 0.1) is 5.69 Å². The second kappa shape index (κ2) is 4.90. The molecule has 0 saturated heterocycles. The zero-order chi connectivity index (χ0) is 11.5. The number of hydrogen-bond acceptors (Lipinski definition) is 6. The fraction of sp³-hybridized carbons (Fsp3) is 0.300. The van der Waals surface area contributed by atoms with Crippen molar-refractivity contribution in [2.45, 2.75) is 29.1 Å². The van der Waals surface area contributed by atoms with Gasteiger partial charge in [0.15, 0.2) is 4.34 Å². The molecule has 0 spiro atoms. The van der Waals surface area contributed by atoms with E-state index in [0.29, 0.717) is 0 Å². The maximum absolute atomic E-state index is 5.73. The Morgan fingerprint density at radius 2 is 2.19 bits per heavy atom. The first-order valence-corrected chi connectivity index (χ1v) is 6.48. The van der Waals surface area contributed by atoms with Gasteiger partial charge in [-0.1, -0.05) is 23.1 Å². The molecule has 0 fully saturated rings. The molecule has 2 aromatic heterocycles. The molecule has 0 radical (unpaired) electrons. The fourth-order valence-corrected chi connectivity index (χ4v) is 2.90. The topological polar surface area (TPSA) is 64.7 Å². The van der Waals surface area contributed by atoms with E-state index in [9.17, 15) is 0 Å². The summed E-state index contributed by atoms with van der Waals surface area (Å²) in [6.45, 7) is 3.86. The predicted octanol–water partition coefficient (Wildman–Crippen LogP) is 2.41. The monoisotopic (exact) mass is 252 g/mol. The van der Waals surface area contributed by atoms with E-state index in [0.717, 1.165) is 19.9 Å². The van der Waals surface area contributed by atoms with E-state index in [1.165, 1.54) is 0 Å². The van der Waals surface area contributed by atoms with Gasteiger partial charge in [-0.15, -0.1) is 10.2 Å². The Morgan fingerprint density at radius 3 is 2.69 bits per heavy atom. The zero-order valence-corrected chi connectivity index (χ0v) is 10.7. The van der Waals surface area contributed by atoms with Crippen LogP contribution < -0.4 is 5.73 Å². The first-order valence-electron chi connectivity index (χ1n) is 4.84. The Bertz CT molecular complexity index is 464. The van der Waals surface area contributed by atoms with Gasteiger partial charge in [-0.2, -0.15) is 0 Å².